The van der Waals surface area contributed by atoms with Gasteiger partial charge in [0.25, 0.3) is 0 Å². The van der Waals surface area contributed by atoms with Crippen LogP contribution in [0, 0.1) is 0 Å². The fourth-order valence-electron chi connectivity index (χ4n) is 2.94. The van der Waals surface area contributed by atoms with Crippen LogP contribution >= 0.6 is 0 Å². The number of methoxy groups -OCH3 is 1. The van der Waals surface area contributed by atoms with Gasteiger partial charge in [-0.2, -0.15) is 4.99 Å². The molecule has 1 heterocycles. The maximum atomic E-state index is 10.8. The van der Waals surface area contributed by atoms with Gasteiger partial charge in [0, 0.05) is 11.6 Å². The summed E-state index contributed by atoms with van der Waals surface area (Å²) in [4.78, 5) is 14.9. The molecule has 19 heavy (non-hydrogen) atoms. The molecular weight excluding hydrogens is 246 g/mol. The molecule has 1 aliphatic heterocycles. The number of benzene rings is 1. The van der Waals surface area contributed by atoms with Gasteiger partial charge >= 0.3 is 0 Å². The molecular formula is C14H15NO4. The minimum Gasteiger partial charge on any atom is -0.497 e. The van der Waals surface area contributed by atoms with Crippen molar-refractivity contribution in [3.8, 4) is 17.2 Å². The summed E-state index contributed by atoms with van der Waals surface area (Å²) < 4.78 is 16.3. The number of aliphatic imine (C=N–C) groups is 1. The first-order chi connectivity index (χ1) is 9.29. The molecule has 1 saturated carbocycles. The first kappa shape index (κ1) is 12.1. The number of carbonyl (C=O) groups excluding carboxylic acids is 1. The number of nitrogens with zero attached hydrogens (tertiary/aromatic N) is 1. The summed E-state index contributed by atoms with van der Waals surface area (Å²) in [5.41, 5.74) is 0.342. The normalized spacial score (nSPS) is 19.0. The fraction of sp³-hybridized carbons (Fsp3) is 0.500. The summed E-state index contributed by atoms with van der Waals surface area (Å²) in [5, 5.41) is 0. The van der Waals surface area contributed by atoms with Crippen molar-refractivity contribution in [1.82, 2.24) is 0 Å². The topological polar surface area (TPSA) is 57.1 Å². The number of hydrogen-bond donors (Lipinski definition) is 0. The Morgan fingerprint density at radius 3 is 2.79 bits per heavy atom. The maximum Gasteiger partial charge on any atom is 0.235 e. The lowest BCUT2D eigenvalue weighted by molar-refractivity contribution is 0.172. The Morgan fingerprint density at radius 1 is 1.32 bits per heavy atom. The third kappa shape index (κ3) is 1.87. The zero-order chi connectivity index (χ0) is 13.3. The molecule has 0 aromatic heterocycles. The summed E-state index contributed by atoms with van der Waals surface area (Å²) >= 11 is 0. The number of ether oxygens (including phenoxy) is 3. The van der Waals surface area contributed by atoms with Crippen molar-refractivity contribution in [2.75, 3.05) is 13.9 Å². The molecule has 0 N–H and O–H groups in total. The van der Waals surface area contributed by atoms with Crippen LogP contribution in [-0.2, 0) is 10.3 Å². The van der Waals surface area contributed by atoms with Crippen LogP contribution in [0.5, 0.6) is 17.2 Å². The Bertz CT molecular complexity index is 543. The van der Waals surface area contributed by atoms with Gasteiger partial charge in [0.2, 0.25) is 12.9 Å². The number of fused-ring (bicyclic) bond motifs is 1. The third-order valence-electron chi connectivity index (χ3n) is 3.87. The monoisotopic (exact) mass is 261 g/mol. The van der Waals surface area contributed by atoms with Gasteiger partial charge in [-0.25, -0.2) is 4.79 Å². The van der Waals surface area contributed by atoms with Crippen LogP contribution in [0.1, 0.15) is 31.2 Å². The minimum atomic E-state index is -0.534. The number of isocyanates is 1. The molecule has 3 rings (SSSR count). The van der Waals surface area contributed by atoms with E-state index in [0.29, 0.717) is 17.2 Å². The van der Waals surface area contributed by atoms with Gasteiger partial charge in [0.05, 0.1) is 7.11 Å². The highest BCUT2D eigenvalue weighted by atomic mass is 16.7. The standard InChI is InChI=1S/C14H15NO4/c1-17-10-6-11(13-12(7-10)18-9-19-13)14(15-8-16)4-2-3-5-14/h6-7H,2-5,9H2,1H3. The predicted molar refractivity (Wildman–Crippen MR) is 67.4 cm³/mol. The molecule has 0 unspecified atom stereocenters. The molecule has 5 heteroatoms. The second-order valence-electron chi connectivity index (χ2n) is 4.85. The summed E-state index contributed by atoms with van der Waals surface area (Å²) in [6.07, 6.45) is 5.44. The van der Waals surface area contributed by atoms with E-state index in [9.17, 15) is 4.79 Å². The Morgan fingerprint density at radius 2 is 2.11 bits per heavy atom. The first-order valence-corrected chi connectivity index (χ1v) is 6.36. The van der Waals surface area contributed by atoms with E-state index in [1.165, 1.54) is 0 Å². The van der Waals surface area contributed by atoms with E-state index in [4.69, 9.17) is 14.2 Å². The largest absolute Gasteiger partial charge is 0.497 e. The molecule has 0 amide bonds. The summed E-state index contributed by atoms with van der Waals surface area (Å²) in [6, 6.07) is 3.68. The summed E-state index contributed by atoms with van der Waals surface area (Å²) in [5.74, 6) is 2.02. The third-order valence-corrected chi connectivity index (χ3v) is 3.87. The van der Waals surface area contributed by atoms with Crippen molar-refractivity contribution < 1.29 is 19.0 Å². The van der Waals surface area contributed by atoms with E-state index in [0.717, 1.165) is 31.2 Å². The SMILES string of the molecule is COc1cc2c(c(C3(N=C=O)CCCC3)c1)OCO2. The van der Waals surface area contributed by atoms with Crippen molar-refractivity contribution in [2.24, 2.45) is 4.99 Å². The average molecular weight is 261 g/mol. The van der Waals surface area contributed by atoms with E-state index in [1.807, 2.05) is 6.07 Å². The van der Waals surface area contributed by atoms with E-state index in [1.54, 1.807) is 19.3 Å². The molecule has 5 nitrogen and oxygen atoms in total. The molecule has 2 aliphatic rings. The lowest BCUT2D eigenvalue weighted by atomic mass is 9.87. The quantitative estimate of drug-likeness (QED) is 0.619. The minimum absolute atomic E-state index is 0.191. The molecule has 100 valence electrons. The summed E-state index contributed by atoms with van der Waals surface area (Å²) in [7, 11) is 1.60. The van der Waals surface area contributed by atoms with E-state index in [2.05, 4.69) is 4.99 Å². The van der Waals surface area contributed by atoms with Crippen LogP contribution in [0.4, 0.5) is 0 Å². The maximum absolute atomic E-state index is 10.8. The van der Waals surface area contributed by atoms with Gasteiger partial charge in [0.15, 0.2) is 11.5 Å². The van der Waals surface area contributed by atoms with Crippen molar-refractivity contribution in [1.29, 1.82) is 0 Å². The molecule has 0 bridgehead atoms. The van der Waals surface area contributed by atoms with Gasteiger partial charge in [-0.3, -0.25) is 0 Å². The molecule has 0 atom stereocenters. The van der Waals surface area contributed by atoms with E-state index >= 15 is 0 Å². The van der Waals surface area contributed by atoms with Gasteiger partial charge in [-0.05, 0) is 18.9 Å². The highest BCUT2D eigenvalue weighted by Crippen LogP contribution is 2.51. The van der Waals surface area contributed by atoms with Crippen molar-refractivity contribution in [3.05, 3.63) is 17.7 Å². The molecule has 0 spiro atoms. The Labute approximate surface area is 111 Å². The van der Waals surface area contributed by atoms with Crippen LogP contribution in [-0.4, -0.2) is 20.0 Å². The Kier molecular flexibility index (Phi) is 2.91. The van der Waals surface area contributed by atoms with Gasteiger partial charge in [-0.1, -0.05) is 12.8 Å². The predicted octanol–water partition coefficient (Wildman–Crippen LogP) is 2.53. The average Bonchev–Trinajstić information content (AvgIpc) is 3.06. The van der Waals surface area contributed by atoms with Crippen LogP contribution in [0.25, 0.3) is 0 Å². The summed E-state index contributed by atoms with van der Waals surface area (Å²) in [6.45, 7) is 0.191. The lowest BCUT2D eigenvalue weighted by Gasteiger charge is -2.24. The van der Waals surface area contributed by atoms with Crippen LogP contribution < -0.4 is 14.2 Å². The van der Waals surface area contributed by atoms with Crippen LogP contribution in [0.2, 0.25) is 0 Å². The van der Waals surface area contributed by atoms with E-state index in [-0.39, 0.29) is 6.79 Å². The van der Waals surface area contributed by atoms with Crippen LogP contribution in [0.15, 0.2) is 17.1 Å². The highest BCUT2D eigenvalue weighted by molar-refractivity contribution is 5.57. The van der Waals surface area contributed by atoms with Crippen LogP contribution in [0.3, 0.4) is 0 Å². The zero-order valence-corrected chi connectivity index (χ0v) is 10.8. The highest BCUT2D eigenvalue weighted by Gasteiger charge is 2.40. The Balaban J connectivity index is 2.17. The van der Waals surface area contributed by atoms with Gasteiger partial charge in [0.1, 0.15) is 11.3 Å². The fourth-order valence-corrected chi connectivity index (χ4v) is 2.94. The molecule has 1 aromatic rings. The molecule has 1 fully saturated rings. The number of rotatable bonds is 3. The number of hydrogen-bond acceptors (Lipinski definition) is 5. The van der Waals surface area contributed by atoms with Gasteiger partial charge in [-0.15, -0.1) is 0 Å². The molecule has 1 aromatic carbocycles. The molecule has 0 radical (unpaired) electrons. The molecule has 0 saturated heterocycles. The lowest BCUT2D eigenvalue weighted by Crippen LogP contribution is -2.19. The second kappa shape index (κ2) is 4.59. The smallest absolute Gasteiger partial charge is 0.235 e. The Hall–Kier alpha value is -2.00. The second-order valence-corrected chi connectivity index (χ2v) is 4.85. The molecule has 1 aliphatic carbocycles. The first-order valence-electron chi connectivity index (χ1n) is 6.36. The van der Waals surface area contributed by atoms with E-state index < -0.39 is 5.54 Å². The van der Waals surface area contributed by atoms with Crippen molar-refractivity contribution in [2.45, 2.75) is 31.2 Å². The van der Waals surface area contributed by atoms with Crippen molar-refractivity contribution in [3.63, 3.8) is 0 Å². The zero-order valence-electron chi connectivity index (χ0n) is 10.8. The van der Waals surface area contributed by atoms with Crippen molar-refractivity contribution >= 4 is 6.08 Å². The van der Waals surface area contributed by atoms with Gasteiger partial charge < -0.3 is 14.2 Å².